The average molecular weight is 524 g/mol. The Bertz CT molecular complexity index is 1570. The minimum atomic E-state index is -2.98. The van der Waals surface area contributed by atoms with Gasteiger partial charge in [0.1, 0.15) is 5.92 Å². The molecule has 1 aliphatic heterocycles. The van der Waals surface area contributed by atoms with Gasteiger partial charge < -0.3 is 0 Å². The smallest absolute Gasteiger partial charge is 0.273 e. The summed E-state index contributed by atoms with van der Waals surface area (Å²) in [6.07, 6.45) is 1.24. The van der Waals surface area contributed by atoms with Crippen molar-refractivity contribution in [2.75, 3.05) is 5.01 Å². The molecule has 4 aromatic rings. The number of benzene rings is 3. The zero-order chi connectivity index (χ0) is 27.6. The Morgan fingerprint density at radius 3 is 2.44 bits per heavy atom. The Morgan fingerprint density at radius 2 is 1.67 bits per heavy atom. The highest BCUT2D eigenvalue weighted by atomic mass is 19.3. The summed E-state index contributed by atoms with van der Waals surface area (Å²) < 4.78 is 28.3. The molecule has 5 nitrogen and oxygen atoms in total. The minimum Gasteiger partial charge on any atom is -0.298 e. The second kappa shape index (κ2) is 10.7. The number of hydrogen-bond donors (Lipinski definition) is 0. The van der Waals surface area contributed by atoms with E-state index in [4.69, 9.17) is 0 Å². The van der Waals surface area contributed by atoms with Gasteiger partial charge in [0.15, 0.2) is 5.78 Å². The van der Waals surface area contributed by atoms with E-state index in [2.05, 4.69) is 10.1 Å². The van der Waals surface area contributed by atoms with Gasteiger partial charge in [-0.25, -0.2) is 8.78 Å². The summed E-state index contributed by atoms with van der Waals surface area (Å²) in [5, 5.41) is 5.65. The number of hydrogen-bond acceptors (Lipinski definition) is 4. The van der Waals surface area contributed by atoms with Gasteiger partial charge in [-0.3, -0.25) is 14.6 Å². The van der Waals surface area contributed by atoms with Crippen molar-refractivity contribution in [2.24, 2.45) is 11.0 Å². The van der Waals surface area contributed by atoms with Gasteiger partial charge in [0.25, 0.3) is 11.8 Å². The summed E-state index contributed by atoms with van der Waals surface area (Å²) in [7, 11) is 0. The van der Waals surface area contributed by atoms with E-state index in [1.54, 1.807) is 25.3 Å². The highest BCUT2D eigenvalue weighted by molar-refractivity contribution is 6.27. The molecule has 0 saturated heterocycles. The molecule has 1 unspecified atom stereocenters. The van der Waals surface area contributed by atoms with E-state index in [-0.39, 0.29) is 24.2 Å². The van der Waals surface area contributed by atoms with Gasteiger partial charge in [-0.15, -0.1) is 0 Å². The summed E-state index contributed by atoms with van der Waals surface area (Å²) in [4.78, 5) is 31.2. The second-order valence-corrected chi connectivity index (χ2v) is 9.54. The lowest BCUT2D eigenvalue weighted by molar-refractivity contribution is -0.128. The first-order valence-electron chi connectivity index (χ1n) is 12.8. The number of carbonyl (C=O) groups is 2. The van der Waals surface area contributed by atoms with Crippen LogP contribution >= 0.6 is 0 Å². The number of halogens is 2. The van der Waals surface area contributed by atoms with Crippen molar-refractivity contribution in [3.05, 3.63) is 108 Å². The van der Waals surface area contributed by atoms with Crippen LogP contribution in [0.3, 0.4) is 0 Å². The van der Waals surface area contributed by atoms with Crippen molar-refractivity contribution in [2.45, 2.75) is 32.6 Å². The standard InChI is InChI=1S/C32H27F2N3O2/c1-3-32(33,34)25-14-7-10-22(18-25)19-28(38)29-21(2)36-37(31(29)39)26-15-8-13-24(20-26)30-27(16-9-17-35-30)23-11-5-4-6-12-23/h4-18,20,29H,3,19H2,1-2H3. The van der Waals surface area contributed by atoms with Gasteiger partial charge in [-0.1, -0.05) is 73.7 Å². The molecule has 0 aliphatic carbocycles. The van der Waals surface area contributed by atoms with E-state index >= 15 is 0 Å². The largest absolute Gasteiger partial charge is 0.298 e. The molecular weight excluding hydrogens is 496 g/mol. The Kier molecular flexibility index (Phi) is 7.15. The third kappa shape index (κ3) is 5.25. The molecule has 39 heavy (non-hydrogen) atoms. The molecule has 0 saturated carbocycles. The summed E-state index contributed by atoms with van der Waals surface area (Å²) in [6.45, 7) is 3.05. The van der Waals surface area contributed by atoms with E-state index in [1.807, 2.05) is 60.7 Å². The second-order valence-electron chi connectivity index (χ2n) is 9.54. The number of anilines is 1. The van der Waals surface area contributed by atoms with Gasteiger partial charge in [0, 0.05) is 35.7 Å². The Balaban J connectivity index is 1.39. The lowest BCUT2D eigenvalue weighted by atomic mass is 9.92. The van der Waals surface area contributed by atoms with Crippen LogP contribution in [0.5, 0.6) is 0 Å². The molecule has 2 heterocycles. The maximum Gasteiger partial charge on any atom is 0.273 e. The highest BCUT2D eigenvalue weighted by Crippen LogP contribution is 2.34. The van der Waals surface area contributed by atoms with Crippen LogP contribution in [0, 0.1) is 5.92 Å². The van der Waals surface area contributed by atoms with Crippen LogP contribution in [0.25, 0.3) is 22.4 Å². The van der Waals surface area contributed by atoms with Gasteiger partial charge >= 0.3 is 0 Å². The van der Waals surface area contributed by atoms with Crippen LogP contribution in [0.4, 0.5) is 14.5 Å². The number of aromatic nitrogens is 1. The van der Waals surface area contributed by atoms with Gasteiger partial charge in [-0.2, -0.15) is 10.1 Å². The Labute approximate surface area is 225 Å². The van der Waals surface area contributed by atoms with Crippen LogP contribution in [0.15, 0.2) is 102 Å². The molecule has 0 N–H and O–H groups in total. The topological polar surface area (TPSA) is 62.6 Å². The molecule has 0 bridgehead atoms. The summed E-state index contributed by atoms with van der Waals surface area (Å²) in [6, 6.07) is 26.9. The van der Waals surface area contributed by atoms with Crippen LogP contribution in [-0.4, -0.2) is 22.4 Å². The van der Waals surface area contributed by atoms with Crippen LogP contribution in [0.2, 0.25) is 0 Å². The molecule has 5 rings (SSSR count). The zero-order valence-electron chi connectivity index (χ0n) is 21.6. The minimum absolute atomic E-state index is 0.138. The summed E-state index contributed by atoms with van der Waals surface area (Å²) >= 11 is 0. The Hall–Kier alpha value is -4.52. The van der Waals surface area contributed by atoms with Crippen molar-refractivity contribution in [1.82, 2.24) is 4.98 Å². The number of nitrogens with zero attached hydrogens (tertiary/aromatic N) is 3. The number of amides is 1. The predicted octanol–water partition coefficient (Wildman–Crippen LogP) is 7.07. The molecule has 7 heteroatoms. The molecule has 3 aromatic carbocycles. The van der Waals surface area contributed by atoms with E-state index < -0.39 is 17.7 Å². The molecular formula is C32H27F2N3O2. The number of rotatable bonds is 8. The molecule has 196 valence electrons. The molecule has 1 atom stereocenters. The fourth-order valence-electron chi connectivity index (χ4n) is 4.81. The molecule has 1 aromatic heterocycles. The van der Waals surface area contributed by atoms with Crippen LogP contribution in [0.1, 0.15) is 31.4 Å². The number of ketones is 1. The molecule has 0 radical (unpaired) electrons. The van der Waals surface area contributed by atoms with Gasteiger partial charge in [0.2, 0.25) is 0 Å². The third-order valence-corrected chi connectivity index (χ3v) is 6.88. The lowest BCUT2D eigenvalue weighted by Gasteiger charge is -2.17. The van der Waals surface area contributed by atoms with Crippen molar-refractivity contribution in [3.63, 3.8) is 0 Å². The number of Topliss-reactive ketones (excluding diaryl/α,β-unsaturated/α-hetero) is 1. The average Bonchev–Trinajstić information content (AvgIpc) is 3.27. The van der Waals surface area contributed by atoms with E-state index in [1.165, 1.54) is 30.1 Å². The molecule has 0 spiro atoms. The van der Waals surface area contributed by atoms with E-state index in [9.17, 15) is 18.4 Å². The quantitative estimate of drug-likeness (QED) is 0.232. The third-order valence-electron chi connectivity index (χ3n) is 6.88. The van der Waals surface area contributed by atoms with Crippen molar-refractivity contribution >= 4 is 23.1 Å². The summed E-state index contributed by atoms with van der Waals surface area (Å²) in [5.41, 5.74) is 4.71. The number of alkyl halides is 2. The molecule has 1 aliphatic rings. The van der Waals surface area contributed by atoms with Crippen molar-refractivity contribution in [3.8, 4) is 22.4 Å². The van der Waals surface area contributed by atoms with Crippen molar-refractivity contribution in [1.29, 1.82) is 0 Å². The van der Waals surface area contributed by atoms with Gasteiger partial charge in [0.05, 0.1) is 17.1 Å². The monoisotopic (exact) mass is 523 g/mol. The number of carbonyl (C=O) groups excluding carboxylic acids is 2. The molecule has 0 fully saturated rings. The fraction of sp³-hybridized carbons (Fsp3) is 0.188. The van der Waals surface area contributed by atoms with Crippen LogP contribution in [-0.2, 0) is 21.9 Å². The number of hydrazone groups is 1. The van der Waals surface area contributed by atoms with Crippen molar-refractivity contribution < 1.29 is 18.4 Å². The maximum atomic E-state index is 14.2. The van der Waals surface area contributed by atoms with Crippen LogP contribution < -0.4 is 5.01 Å². The first-order chi connectivity index (χ1) is 18.8. The number of pyridine rings is 1. The zero-order valence-corrected chi connectivity index (χ0v) is 21.6. The normalized spacial score (nSPS) is 15.4. The fourth-order valence-corrected chi connectivity index (χ4v) is 4.81. The van der Waals surface area contributed by atoms with E-state index in [0.29, 0.717) is 17.0 Å². The Morgan fingerprint density at radius 1 is 0.923 bits per heavy atom. The highest BCUT2D eigenvalue weighted by Gasteiger charge is 2.39. The predicted molar refractivity (Wildman–Crippen MR) is 149 cm³/mol. The van der Waals surface area contributed by atoms with Gasteiger partial charge in [-0.05, 0) is 42.3 Å². The SMILES string of the molecule is CCC(F)(F)c1cccc(CC(=O)C2C(=O)N(c3cccc(-c4ncccc4-c4ccccc4)c3)N=C2C)c1. The maximum absolute atomic E-state index is 14.2. The molecule has 1 amide bonds. The summed E-state index contributed by atoms with van der Waals surface area (Å²) in [5.74, 6) is -4.89. The lowest BCUT2D eigenvalue weighted by Crippen LogP contribution is -2.33. The van der Waals surface area contributed by atoms with E-state index in [0.717, 1.165) is 22.4 Å². The first-order valence-corrected chi connectivity index (χ1v) is 12.8. The first kappa shape index (κ1) is 26.1.